The van der Waals surface area contributed by atoms with Crippen LogP contribution in [0.1, 0.15) is 17.4 Å². The van der Waals surface area contributed by atoms with Gasteiger partial charge in [-0.1, -0.05) is 78.0 Å². The zero-order valence-electron chi connectivity index (χ0n) is 17.4. The lowest BCUT2D eigenvalue weighted by Gasteiger charge is -2.33. The third kappa shape index (κ3) is 4.81. The van der Waals surface area contributed by atoms with Crippen LogP contribution in [0.2, 0.25) is 5.02 Å². The highest BCUT2D eigenvalue weighted by Crippen LogP contribution is 2.37. The van der Waals surface area contributed by atoms with Crippen molar-refractivity contribution < 1.29 is 9.53 Å². The molecule has 1 amide bonds. The fourth-order valence-corrected chi connectivity index (χ4v) is 4.84. The number of fused-ring (bicyclic) bond motifs is 1. The number of carbonyl (C=O) groups excluding carboxylic acids is 1. The topological polar surface area (TPSA) is 81.1 Å². The number of hydrogen-bond acceptors (Lipinski definition) is 6. The van der Waals surface area contributed by atoms with E-state index in [2.05, 4.69) is 20.9 Å². The summed E-state index contributed by atoms with van der Waals surface area (Å²) in [5.41, 5.74) is 5.05. The molecule has 0 unspecified atom stereocenters. The van der Waals surface area contributed by atoms with Crippen LogP contribution in [0.15, 0.2) is 90.1 Å². The maximum absolute atomic E-state index is 13.3. The molecule has 0 aliphatic carbocycles. The summed E-state index contributed by atoms with van der Waals surface area (Å²) >= 11 is 7.44. The molecular weight excluding hydrogens is 458 g/mol. The van der Waals surface area contributed by atoms with Crippen molar-refractivity contribution in [1.82, 2.24) is 14.9 Å². The summed E-state index contributed by atoms with van der Waals surface area (Å²) in [7, 11) is 0. The smallest absolute Gasteiger partial charge is 0.240 e. The van der Waals surface area contributed by atoms with Gasteiger partial charge in [-0.2, -0.15) is 0 Å². The highest BCUT2D eigenvalue weighted by atomic mass is 35.5. The average molecular weight is 478 g/mol. The predicted molar refractivity (Wildman–Crippen MR) is 129 cm³/mol. The number of ether oxygens (including phenoxy) is 1. The first-order chi connectivity index (χ1) is 16.2. The number of aromatic nitrogens is 3. The number of para-hydroxylation sites is 1. The Labute approximate surface area is 200 Å². The predicted octanol–water partition coefficient (Wildman–Crippen LogP) is 4.91. The number of nitrogens with one attached hydrogen (secondary N) is 2. The number of rotatable bonds is 6. The van der Waals surface area contributed by atoms with Crippen LogP contribution in [0, 0.1) is 0 Å². The van der Waals surface area contributed by atoms with Crippen LogP contribution >= 0.6 is 23.4 Å². The van der Waals surface area contributed by atoms with E-state index < -0.39 is 5.25 Å². The van der Waals surface area contributed by atoms with Gasteiger partial charge >= 0.3 is 0 Å². The van der Waals surface area contributed by atoms with Crippen molar-refractivity contribution in [2.24, 2.45) is 0 Å². The van der Waals surface area contributed by atoms with Crippen LogP contribution in [0.5, 0.6) is 5.75 Å². The maximum Gasteiger partial charge on any atom is 0.240 e. The minimum absolute atomic E-state index is 0.153. The van der Waals surface area contributed by atoms with Crippen molar-refractivity contribution in [3.63, 3.8) is 0 Å². The van der Waals surface area contributed by atoms with Gasteiger partial charge in [0.25, 0.3) is 0 Å². The standard InChI is InChI=1S/C24H20ClN5O2S/c25-17-10-7-11-18(14-17)26-23(31)22-21(16-8-3-1-4-9-16)29-30-20(27-28-24(30)33-22)15-32-19-12-5-2-6-13-19/h1-14,21-22,29H,15H2,(H,26,31)/t21-,22-/m0/s1. The van der Waals surface area contributed by atoms with Gasteiger partial charge in [-0.05, 0) is 35.9 Å². The number of thioether (sulfide) groups is 1. The van der Waals surface area contributed by atoms with Gasteiger partial charge in [-0.25, -0.2) is 4.68 Å². The van der Waals surface area contributed by atoms with Crippen LogP contribution in [0.3, 0.4) is 0 Å². The first kappa shape index (κ1) is 21.4. The van der Waals surface area contributed by atoms with Crippen LogP contribution in [-0.4, -0.2) is 26.0 Å². The number of halogens is 1. The van der Waals surface area contributed by atoms with E-state index in [-0.39, 0.29) is 18.6 Å². The van der Waals surface area contributed by atoms with Gasteiger partial charge in [-0.3, -0.25) is 4.79 Å². The number of hydrogen-bond donors (Lipinski definition) is 2. The summed E-state index contributed by atoms with van der Waals surface area (Å²) in [6.07, 6.45) is 0. The van der Waals surface area contributed by atoms with Gasteiger partial charge in [0, 0.05) is 10.7 Å². The molecule has 2 atom stereocenters. The summed E-state index contributed by atoms with van der Waals surface area (Å²) in [6, 6.07) is 26.2. The first-order valence-electron chi connectivity index (χ1n) is 10.3. The quantitative estimate of drug-likeness (QED) is 0.410. The zero-order chi connectivity index (χ0) is 22.6. The van der Waals surface area contributed by atoms with E-state index in [1.165, 1.54) is 11.8 Å². The molecule has 33 heavy (non-hydrogen) atoms. The van der Waals surface area contributed by atoms with Crippen molar-refractivity contribution in [3.8, 4) is 5.75 Å². The molecule has 0 bridgehead atoms. The van der Waals surface area contributed by atoms with Crippen LogP contribution < -0.4 is 15.5 Å². The maximum atomic E-state index is 13.3. The molecule has 7 nitrogen and oxygen atoms in total. The van der Waals surface area contributed by atoms with Gasteiger partial charge in [0.1, 0.15) is 17.6 Å². The fourth-order valence-electron chi connectivity index (χ4n) is 3.55. The molecule has 2 heterocycles. The Balaban J connectivity index is 1.41. The largest absolute Gasteiger partial charge is 0.486 e. The molecule has 0 saturated heterocycles. The van der Waals surface area contributed by atoms with Gasteiger partial charge in [0.15, 0.2) is 5.82 Å². The van der Waals surface area contributed by atoms with Gasteiger partial charge in [0.05, 0.1) is 6.04 Å². The molecule has 1 aromatic heterocycles. The van der Waals surface area contributed by atoms with Crippen LogP contribution in [0.4, 0.5) is 5.69 Å². The lowest BCUT2D eigenvalue weighted by atomic mass is 10.0. The normalized spacial score (nSPS) is 17.0. The van der Waals surface area contributed by atoms with Crippen LogP contribution in [0.25, 0.3) is 0 Å². The van der Waals surface area contributed by atoms with E-state index in [9.17, 15) is 4.79 Å². The molecule has 2 N–H and O–H groups in total. The first-order valence-corrected chi connectivity index (χ1v) is 11.6. The lowest BCUT2D eigenvalue weighted by Crippen LogP contribution is -2.41. The van der Waals surface area contributed by atoms with Gasteiger partial charge < -0.3 is 15.5 Å². The molecule has 0 fully saturated rings. The summed E-state index contributed by atoms with van der Waals surface area (Å²) in [5, 5.41) is 12.2. The fraction of sp³-hybridized carbons (Fsp3) is 0.125. The Hall–Kier alpha value is -3.49. The monoisotopic (exact) mass is 477 g/mol. The Morgan fingerprint density at radius 2 is 1.79 bits per heavy atom. The molecule has 3 aromatic carbocycles. The van der Waals surface area contributed by atoms with Crippen molar-refractivity contribution in [3.05, 3.63) is 101 Å². The van der Waals surface area contributed by atoms with E-state index in [0.717, 1.165) is 11.3 Å². The lowest BCUT2D eigenvalue weighted by molar-refractivity contribution is -0.116. The third-order valence-electron chi connectivity index (χ3n) is 5.12. The molecule has 9 heteroatoms. The van der Waals surface area contributed by atoms with Gasteiger partial charge in [-0.15, -0.1) is 10.2 Å². The molecule has 1 aliphatic heterocycles. The molecule has 166 valence electrons. The van der Waals surface area contributed by atoms with Crippen molar-refractivity contribution in [2.75, 3.05) is 10.7 Å². The average Bonchev–Trinajstić information content (AvgIpc) is 3.25. The minimum atomic E-state index is -0.481. The highest BCUT2D eigenvalue weighted by Gasteiger charge is 2.38. The number of benzene rings is 3. The van der Waals surface area contributed by atoms with E-state index in [0.29, 0.717) is 21.7 Å². The summed E-state index contributed by atoms with van der Waals surface area (Å²) in [6.45, 7) is 0.242. The number of amides is 1. The summed E-state index contributed by atoms with van der Waals surface area (Å²) < 4.78 is 7.66. The minimum Gasteiger partial charge on any atom is -0.486 e. The summed E-state index contributed by atoms with van der Waals surface area (Å²) in [4.78, 5) is 13.3. The van der Waals surface area contributed by atoms with E-state index >= 15 is 0 Å². The highest BCUT2D eigenvalue weighted by molar-refractivity contribution is 8.00. The van der Waals surface area contributed by atoms with E-state index in [1.807, 2.05) is 66.7 Å². The molecule has 1 aliphatic rings. The third-order valence-corrected chi connectivity index (χ3v) is 6.57. The second-order valence-electron chi connectivity index (χ2n) is 7.39. The Morgan fingerprint density at radius 1 is 1.03 bits per heavy atom. The van der Waals surface area contributed by atoms with Gasteiger partial charge in [0.2, 0.25) is 11.1 Å². The molecular formula is C24H20ClN5O2S. The van der Waals surface area contributed by atoms with Crippen molar-refractivity contribution in [2.45, 2.75) is 23.1 Å². The molecule has 0 saturated carbocycles. The molecule has 0 radical (unpaired) electrons. The Morgan fingerprint density at radius 3 is 2.55 bits per heavy atom. The number of carbonyl (C=O) groups is 1. The van der Waals surface area contributed by atoms with Crippen molar-refractivity contribution in [1.29, 1.82) is 0 Å². The zero-order valence-corrected chi connectivity index (χ0v) is 19.0. The van der Waals surface area contributed by atoms with E-state index in [1.54, 1.807) is 22.9 Å². The molecule has 4 aromatic rings. The Bertz CT molecular complexity index is 1250. The number of anilines is 1. The summed E-state index contributed by atoms with van der Waals surface area (Å²) in [5.74, 6) is 1.22. The second kappa shape index (κ2) is 9.56. The van der Waals surface area contributed by atoms with Crippen molar-refractivity contribution >= 4 is 35.0 Å². The molecule has 5 rings (SSSR count). The van der Waals surface area contributed by atoms with Crippen LogP contribution in [-0.2, 0) is 11.4 Å². The second-order valence-corrected chi connectivity index (χ2v) is 8.94. The SMILES string of the molecule is O=C(Nc1cccc(Cl)c1)[C@H]1Sc2nnc(COc3ccccc3)n2N[C@H]1c1ccccc1. The molecule has 0 spiro atoms. The Kier molecular flexibility index (Phi) is 6.19. The van der Waals surface area contributed by atoms with E-state index in [4.69, 9.17) is 16.3 Å². The number of nitrogens with zero attached hydrogens (tertiary/aromatic N) is 3.